The SMILES string of the molecule is Cc1cc(C(C)(C)C)c(C)cc1OSF. The molecule has 0 bridgehead atoms. The molecule has 0 unspecified atom stereocenters. The van der Waals surface area contributed by atoms with Crippen LogP contribution in [-0.2, 0) is 5.41 Å². The monoisotopic (exact) mass is 228 g/mol. The Hall–Kier alpha value is -0.700. The first-order chi connectivity index (χ1) is 6.86. The van der Waals surface area contributed by atoms with Gasteiger partial charge in [0, 0.05) is 0 Å². The van der Waals surface area contributed by atoms with E-state index in [-0.39, 0.29) is 17.8 Å². The fourth-order valence-electron chi connectivity index (χ4n) is 1.72. The van der Waals surface area contributed by atoms with Gasteiger partial charge in [-0.3, -0.25) is 0 Å². The van der Waals surface area contributed by atoms with Gasteiger partial charge in [-0.15, -0.1) is 3.89 Å². The third-order valence-corrected chi connectivity index (χ3v) is 2.69. The van der Waals surface area contributed by atoms with Crippen molar-refractivity contribution in [2.75, 3.05) is 0 Å². The molecule has 0 radical (unpaired) electrons. The van der Waals surface area contributed by atoms with Crippen LogP contribution in [0.3, 0.4) is 0 Å². The number of rotatable bonds is 2. The van der Waals surface area contributed by atoms with Gasteiger partial charge in [-0.25, -0.2) is 0 Å². The van der Waals surface area contributed by atoms with E-state index in [0.29, 0.717) is 5.75 Å². The standard InChI is InChI=1S/C12H17FOS/c1-8-7-11(14-15-13)9(2)6-10(8)12(3,4)5/h6-7H,1-5H3. The predicted octanol–water partition coefficient (Wildman–Crippen LogP) is 4.51. The van der Waals surface area contributed by atoms with Crippen molar-refractivity contribution in [3.8, 4) is 5.75 Å². The second-order valence-corrected chi connectivity index (χ2v) is 5.12. The molecular weight excluding hydrogens is 211 g/mol. The van der Waals surface area contributed by atoms with Crippen LogP contribution in [0, 0.1) is 13.8 Å². The lowest BCUT2D eigenvalue weighted by atomic mass is 9.83. The van der Waals surface area contributed by atoms with Crippen LogP contribution in [0.4, 0.5) is 3.89 Å². The molecule has 1 aromatic carbocycles. The molecule has 0 N–H and O–H groups in total. The van der Waals surface area contributed by atoms with Gasteiger partial charge in [0.1, 0.15) is 5.75 Å². The van der Waals surface area contributed by atoms with Crippen molar-refractivity contribution < 1.29 is 8.07 Å². The van der Waals surface area contributed by atoms with Crippen LogP contribution in [0.1, 0.15) is 37.5 Å². The largest absolute Gasteiger partial charge is 0.397 e. The molecule has 1 aromatic rings. The first kappa shape index (κ1) is 12.4. The topological polar surface area (TPSA) is 9.23 Å². The zero-order valence-electron chi connectivity index (χ0n) is 9.85. The Balaban J connectivity index is 3.20. The molecule has 0 saturated heterocycles. The van der Waals surface area contributed by atoms with Crippen LogP contribution in [0.25, 0.3) is 0 Å². The van der Waals surface area contributed by atoms with Gasteiger partial charge < -0.3 is 4.18 Å². The maximum absolute atomic E-state index is 12.0. The molecule has 0 aliphatic carbocycles. The molecule has 3 heteroatoms. The minimum atomic E-state index is -0.109. The van der Waals surface area contributed by atoms with Gasteiger partial charge in [-0.05, 0) is 42.0 Å². The Morgan fingerprint density at radius 3 is 2.20 bits per heavy atom. The summed E-state index contributed by atoms with van der Waals surface area (Å²) in [7, 11) is 0. The number of halogens is 1. The number of benzene rings is 1. The summed E-state index contributed by atoms with van der Waals surface area (Å²) < 4.78 is 16.9. The van der Waals surface area contributed by atoms with Crippen LogP contribution in [0.15, 0.2) is 12.1 Å². The van der Waals surface area contributed by atoms with Crippen LogP contribution in [0.2, 0.25) is 0 Å². The van der Waals surface area contributed by atoms with E-state index in [1.54, 1.807) is 0 Å². The number of hydrogen-bond acceptors (Lipinski definition) is 2. The van der Waals surface area contributed by atoms with E-state index in [0.717, 1.165) is 11.1 Å². The van der Waals surface area contributed by atoms with E-state index in [4.69, 9.17) is 4.18 Å². The van der Waals surface area contributed by atoms with Gasteiger partial charge in [0.05, 0.1) is 0 Å². The Labute approximate surface area is 95.5 Å². The maximum Gasteiger partial charge on any atom is 0.272 e. The lowest BCUT2D eigenvalue weighted by Gasteiger charge is -2.23. The van der Waals surface area contributed by atoms with Crippen molar-refractivity contribution in [3.63, 3.8) is 0 Å². The van der Waals surface area contributed by atoms with Gasteiger partial charge in [0.25, 0.3) is 12.4 Å². The lowest BCUT2D eigenvalue weighted by molar-refractivity contribution is 0.576. The van der Waals surface area contributed by atoms with Crippen LogP contribution < -0.4 is 4.18 Å². The van der Waals surface area contributed by atoms with Crippen molar-refractivity contribution >= 4 is 12.4 Å². The average Bonchev–Trinajstić information content (AvgIpc) is 2.09. The smallest absolute Gasteiger partial charge is 0.272 e. The van der Waals surface area contributed by atoms with Gasteiger partial charge in [-0.2, -0.15) is 0 Å². The molecule has 0 fully saturated rings. The Morgan fingerprint density at radius 2 is 1.73 bits per heavy atom. The molecule has 84 valence electrons. The average molecular weight is 228 g/mol. The minimum absolute atomic E-state index is 0.107. The van der Waals surface area contributed by atoms with Crippen molar-refractivity contribution in [2.45, 2.75) is 40.0 Å². The Bertz CT molecular complexity index is 355. The summed E-state index contributed by atoms with van der Waals surface area (Å²) >= 11 is -0.109. The first-order valence-corrected chi connectivity index (χ1v) is 5.57. The molecule has 1 nitrogen and oxygen atoms in total. The highest BCUT2D eigenvalue weighted by Crippen LogP contribution is 2.32. The van der Waals surface area contributed by atoms with Crippen LogP contribution in [-0.4, -0.2) is 0 Å². The van der Waals surface area contributed by atoms with Crippen molar-refractivity contribution in [1.82, 2.24) is 0 Å². The van der Waals surface area contributed by atoms with Crippen molar-refractivity contribution in [1.29, 1.82) is 0 Å². The zero-order chi connectivity index (χ0) is 11.6. The van der Waals surface area contributed by atoms with Crippen LogP contribution >= 0.6 is 12.4 Å². The molecule has 0 aliphatic heterocycles. The molecule has 15 heavy (non-hydrogen) atoms. The highest BCUT2D eigenvalue weighted by Gasteiger charge is 2.18. The van der Waals surface area contributed by atoms with Crippen molar-refractivity contribution in [3.05, 3.63) is 28.8 Å². The van der Waals surface area contributed by atoms with Gasteiger partial charge in [-0.1, -0.05) is 26.8 Å². The van der Waals surface area contributed by atoms with E-state index < -0.39 is 0 Å². The maximum atomic E-state index is 12.0. The number of hydrogen-bond donors (Lipinski definition) is 0. The predicted molar refractivity (Wildman–Crippen MR) is 63.9 cm³/mol. The molecule has 0 heterocycles. The zero-order valence-corrected chi connectivity index (χ0v) is 10.7. The first-order valence-electron chi connectivity index (χ1n) is 4.93. The fraction of sp³-hybridized carbons (Fsp3) is 0.500. The lowest BCUT2D eigenvalue weighted by Crippen LogP contribution is -2.13. The molecule has 0 aliphatic rings. The highest BCUT2D eigenvalue weighted by atomic mass is 32.2. The van der Waals surface area contributed by atoms with E-state index in [2.05, 4.69) is 26.8 Å². The molecule has 0 atom stereocenters. The second kappa shape index (κ2) is 4.44. The summed E-state index contributed by atoms with van der Waals surface area (Å²) in [6.07, 6.45) is 0. The van der Waals surface area contributed by atoms with Crippen LogP contribution in [0.5, 0.6) is 5.75 Å². The summed E-state index contributed by atoms with van der Waals surface area (Å²) in [6, 6.07) is 3.96. The van der Waals surface area contributed by atoms with E-state index >= 15 is 0 Å². The molecular formula is C12H17FOS. The van der Waals surface area contributed by atoms with Gasteiger partial charge in [0.2, 0.25) is 0 Å². The summed E-state index contributed by atoms with van der Waals surface area (Å²) in [5.74, 6) is 0.605. The second-order valence-electron chi connectivity index (χ2n) is 4.83. The minimum Gasteiger partial charge on any atom is -0.397 e. The summed E-state index contributed by atoms with van der Waals surface area (Å²) in [5.41, 5.74) is 3.49. The van der Waals surface area contributed by atoms with E-state index in [9.17, 15) is 3.89 Å². The number of aryl methyl sites for hydroxylation is 2. The van der Waals surface area contributed by atoms with E-state index in [1.807, 2.05) is 19.9 Å². The summed E-state index contributed by atoms with van der Waals surface area (Å²) in [5, 5.41) is 0. The van der Waals surface area contributed by atoms with Gasteiger partial charge in [0.15, 0.2) is 0 Å². The Morgan fingerprint density at radius 1 is 1.13 bits per heavy atom. The molecule has 0 aromatic heterocycles. The molecule has 0 amide bonds. The molecule has 0 spiro atoms. The summed E-state index contributed by atoms with van der Waals surface area (Å²) in [4.78, 5) is 0. The third kappa shape index (κ3) is 2.88. The normalized spacial score (nSPS) is 11.6. The third-order valence-electron chi connectivity index (χ3n) is 2.45. The molecule has 0 saturated carbocycles. The highest BCUT2D eigenvalue weighted by molar-refractivity contribution is 7.89. The van der Waals surface area contributed by atoms with E-state index in [1.165, 1.54) is 5.56 Å². The summed E-state index contributed by atoms with van der Waals surface area (Å²) in [6.45, 7) is 10.5. The Kier molecular flexibility index (Phi) is 3.66. The molecule has 1 rings (SSSR count). The fourth-order valence-corrected chi connectivity index (χ4v) is 1.97. The quantitative estimate of drug-likeness (QED) is 0.689. The van der Waals surface area contributed by atoms with Crippen molar-refractivity contribution in [2.24, 2.45) is 0 Å². The van der Waals surface area contributed by atoms with Gasteiger partial charge >= 0.3 is 0 Å².